The van der Waals surface area contributed by atoms with Crippen LogP contribution in [0.3, 0.4) is 0 Å². The molecule has 1 saturated carbocycles. The van der Waals surface area contributed by atoms with Crippen LogP contribution in [0.5, 0.6) is 0 Å². The molecule has 0 unspecified atom stereocenters. The molecular weight excluding hydrogens is 402 g/mol. The van der Waals surface area contributed by atoms with Crippen LogP contribution in [0.15, 0.2) is 38.2 Å². The van der Waals surface area contributed by atoms with Crippen molar-refractivity contribution in [1.82, 2.24) is 9.21 Å². The van der Waals surface area contributed by atoms with Crippen molar-refractivity contribution in [2.24, 2.45) is 15.0 Å². The fourth-order valence-electron chi connectivity index (χ4n) is 4.30. The summed E-state index contributed by atoms with van der Waals surface area (Å²) < 4.78 is 32.6. The number of nitrogens with zero attached hydrogens (tertiary/aromatic N) is 5. The van der Waals surface area contributed by atoms with E-state index in [1.54, 1.807) is 16.9 Å². The average Bonchev–Trinajstić information content (AvgIpc) is 3.56. The van der Waals surface area contributed by atoms with Gasteiger partial charge in [0, 0.05) is 43.2 Å². The maximum atomic E-state index is 12.5. The van der Waals surface area contributed by atoms with Gasteiger partial charge in [-0.2, -0.15) is 0 Å². The highest BCUT2D eigenvalue weighted by atomic mass is 32.2. The van der Waals surface area contributed by atoms with E-state index in [-0.39, 0.29) is 5.25 Å². The molecule has 0 amide bonds. The number of aliphatic imine (C=N–C) groups is 3. The maximum Gasteiger partial charge on any atom is 0.225 e. The van der Waals surface area contributed by atoms with Crippen LogP contribution in [0.1, 0.15) is 52.4 Å². The van der Waals surface area contributed by atoms with Gasteiger partial charge in [-0.25, -0.2) is 17.7 Å². The molecule has 0 aromatic heterocycles. The number of ether oxygens (including phenoxy) is 1. The van der Waals surface area contributed by atoms with E-state index in [4.69, 9.17) is 4.74 Å². The molecule has 0 N–H and O–H groups in total. The third-order valence-electron chi connectivity index (χ3n) is 6.04. The summed E-state index contributed by atoms with van der Waals surface area (Å²) in [6, 6.07) is 0.337. The summed E-state index contributed by atoms with van der Waals surface area (Å²) in [6.07, 6.45) is 10.1. The molecule has 3 heterocycles. The molecule has 0 atom stereocenters. The van der Waals surface area contributed by atoms with Gasteiger partial charge in [-0.1, -0.05) is 6.92 Å². The fraction of sp³-hybridized carbons (Fsp3) is 0.667. The normalized spacial score (nSPS) is 24.4. The molecule has 1 aliphatic carbocycles. The van der Waals surface area contributed by atoms with Crippen LogP contribution >= 0.6 is 0 Å². The summed E-state index contributed by atoms with van der Waals surface area (Å²) in [5, 5.41) is -0.125. The third kappa shape index (κ3) is 4.51. The number of allylic oxidation sites excluding steroid dienone is 1. The average molecular weight is 434 g/mol. The predicted molar refractivity (Wildman–Crippen MR) is 119 cm³/mol. The zero-order valence-electron chi connectivity index (χ0n) is 17.8. The standard InChI is InChI=1S/C21H31N5O3S/c1-3-9-23-16(2)14-29-21-19-8-12-26(20(19)13-22-15-24-21)17-6-10-25(11-7-17)30(27,28)18-4-5-18/h9,14-15,17-18H,3-8,10-13H2,1-2H3/b16-14+,23-9?. The molecule has 0 spiro atoms. The van der Waals surface area contributed by atoms with Crippen molar-refractivity contribution in [3.63, 3.8) is 0 Å². The molecule has 2 fully saturated rings. The second kappa shape index (κ2) is 9.01. The molecule has 4 aliphatic rings. The Labute approximate surface area is 179 Å². The third-order valence-corrected chi connectivity index (χ3v) is 8.44. The molecule has 0 aromatic rings. The van der Waals surface area contributed by atoms with Crippen molar-refractivity contribution in [1.29, 1.82) is 0 Å². The Kier molecular flexibility index (Phi) is 6.38. The Morgan fingerprint density at radius 1 is 1.27 bits per heavy atom. The minimum atomic E-state index is -3.07. The first kappa shape index (κ1) is 21.2. The van der Waals surface area contributed by atoms with Crippen molar-refractivity contribution >= 4 is 28.5 Å². The molecule has 164 valence electrons. The Morgan fingerprint density at radius 2 is 2.03 bits per heavy atom. The number of hydrogen-bond acceptors (Lipinski definition) is 7. The second-order valence-electron chi connectivity index (χ2n) is 8.23. The minimum absolute atomic E-state index is 0.125. The van der Waals surface area contributed by atoms with Crippen LogP contribution in [0.4, 0.5) is 0 Å². The maximum absolute atomic E-state index is 12.5. The largest absolute Gasteiger partial charge is 0.444 e. The number of rotatable bonds is 6. The number of hydrogen-bond donors (Lipinski definition) is 0. The second-order valence-corrected chi connectivity index (χ2v) is 10.4. The molecule has 0 bridgehead atoms. The van der Waals surface area contributed by atoms with Crippen molar-refractivity contribution < 1.29 is 13.2 Å². The summed E-state index contributed by atoms with van der Waals surface area (Å²) in [4.78, 5) is 15.5. The molecular formula is C21H31N5O3S. The molecule has 0 aromatic carbocycles. The SMILES string of the molecule is CCC=N/C(C)=C/OC1=NC=NCC2=C1CCN2C1CCN(S(=O)(=O)C2CC2)CC1. The Balaban J connectivity index is 1.43. The van der Waals surface area contributed by atoms with E-state index in [9.17, 15) is 8.42 Å². The van der Waals surface area contributed by atoms with Crippen LogP contribution in [-0.4, -0.2) is 73.5 Å². The first-order chi connectivity index (χ1) is 14.5. The van der Waals surface area contributed by atoms with Crippen molar-refractivity contribution in [2.75, 3.05) is 26.2 Å². The van der Waals surface area contributed by atoms with Crippen LogP contribution in [0, 0.1) is 0 Å². The lowest BCUT2D eigenvalue weighted by atomic mass is 10.0. The highest BCUT2D eigenvalue weighted by Crippen LogP contribution is 2.35. The zero-order valence-corrected chi connectivity index (χ0v) is 18.6. The van der Waals surface area contributed by atoms with Crippen LogP contribution in [0.2, 0.25) is 0 Å². The molecule has 30 heavy (non-hydrogen) atoms. The number of sulfonamides is 1. The highest BCUT2D eigenvalue weighted by Gasteiger charge is 2.42. The van der Waals surface area contributed by atoms with Gasteiger partial charge >= 0.3 is 0 Å². The summed E-state index contributed by atoms with van der Waals surface area (Å²) in [6.45, 7) is 6.65. The van der Waals surface area contributed by atoms with Crippen LogP contribution in [0.25, 0.3) is 0 Å². The highest BCUT2D eigenvalue weighted by molar-refractivity contribution is 7.90. The van der Waals surface area contributed by atoms with Gasteiger partial charge in [-0.15, -0.1) is 0 Å². The van der Waals surface area contributed by atoms with Crippen LogP contribution in [-0.2, 0) is 14.8 Å². The van der Waals surface area contributed by atoms with Gasteiger partial charge in [0.25, 0.3) is 0 Å². The molecule has 3 aliphatic heterocycles. The van der Waals surface area contributed by atoms with Gasteiger partial charge in [0.2, 0.25) is 15.9 Å². The molecule has 1 saturated heterocycles. The quantitative estimate of drug-likeness (QED) is 0.476. The van der Waals surface area contributed by atoms with Crippen molar-refractivity contribution in [3.8, 4) is 0 Å². The molecule has 4 rings (SSSR count). The van der Waals surface area contributed by atoms with E-state index in [1.807, 2.05) is 20.1 Å². The van der Waals surface area contributed by atoms with E-state index in [0.29, 0.717) is 31.6 Å². The monoisotopic (exact) mass is 433 g/mol. The molecule has 8 nitrogen and oxygen atoms in total. The van der Waals surface area contributed by atoms with E-state index in [1.165, 1.54) is 0 Å². The van der Waals surface area contributed by atoms with Gasteiger partial charge < -0.3 is 9.64 Å². The van der Waals surface area contributed by atoms with Gasteiger partial charge in [0.1, 0.15) is 12.6 Å². The lowest BCUT2D eigenvalue weighted by molar-refractivity contribution is 0.185. The molecule has 0 radical (unpaired) electrons. The Morgan fingerprint density at radius 3 is 2.73 bits per heavy atom. The predicted octanol–water partition coefficient (Wildman–Crippen LogP) is 2.70. The fourth-order valence-corrected chi connectivity index (χ4v) is 6.17. The summed E-state index contributed by atoms with van der Waals surface area (Å²) in [7, 11) is -3.07. The van der Waals surface area contributed by atoms with Crippen LogP contribution < -0.4 is 0 Å². The topological polar surface area (TPSA) is 86.9 Å². The van der Waals surface area contributed by atoms with E-state index in [0.717, 1.165) is 62.0 Å². The first-order valence-electron chi connectivity index (χ1n) is 10.9. The lowest BCUT2D eigenvalue weighted by Gasteiger charge is -2.38. The zero-order chi connectivity index (χ0) is 21.1. The van der Waals surface area contributed by atoms with Gasteiger partial charge in [0.15, 0.2) is 0 Å². The first-order valence-corrected chi connectivity index (χ1v) is 12.4. The van der Waals surface area contributed by atoms with Crippen molar-refractivity contribution in [2.45, 2.75) is 63.7 Å². The van der Waals surface area contributed by atoms with Gasteiger partial charge in [-0.3, -0.25) is 9.98 Å². The van der Waals surface area contributed by atoms with E-state index in [2.05, 4.69) is 19.9 Å². The summed E-state index contributed by atoms with van der Waals surface area (Å²) >= 11 is 0. The Bertz CT molecular complexity index is 907. The Hall–Kier alpha value is -2.00. The summed E-state index contributed by atoms with van der Waals surface area (Å²) in [5.41, 5.74) is 3.06. The van der Waals surface area contributed by atoms with E-state index < -0.39 is 10.0 Å². The van der Waals surface area contributed by atoms with Gasteiger partial charge in [-0.05, 0) is 45.4 Å². The van der Waals surface area contributed by atoms with Crippen molar-refractivity contribution in [3.05, 3.63) is 23.2 Å². The smallest absolute Gasteiger partial charge is 0.225 e. The summed E-state index contributed by atoms with van der Waals surface area (Å²) in [5.74, 6) is 0.591. The van der Waals surface area contributed by atoms with E-state index >= 15 is 0 Å². The lowest BCUT2D eigenvalue weighted by Crippen LogP contribution is -2.46. The molecule has 9 heteroatoms. The van der Waals surface area contributed by atoms with Gasteiger partial charge in [0.05, 0.1) is 17.5 Å². The number of piperidine rings is 1. The minimum Gasteiger partial charge on any atom is -0.444 e.